The Hall–Kier alpha value is -1.88. The maximum absolute atomic E-state index is 12.3. The summed E-state index contributed by atoms with van der Waals surface area (Å²) in [5, 5.41) is 0. The van der Waals surface area contributed by atoms with Gasteiger partial charge in [0.2, 0.25) is 0 Å². The van der Waals surface area contributed by atoms with Crippen LogP contribution in [0.25, 0.3) is 0 Å². The van der Waals surface area contributed by atoms with Crippen LogP contribution in [0.2, 0.25) is 0 Å². The number of primary amides is 1. The van der Waals surface area contributed by atoms with E-state index in [1.54, 1.807) is 4.90 Å². The van der Waals surface area contributed by atoms with Crippen LogP contribution < -0.4 is 5.73 Å². The van der Waals surface area contributed by atoms with E-state index in [-0.39, 0.29) is 11.6 Å². The number of carbonyl (C=O) groups is 2. The molecule has 0 spiro atoms. The Kier molecular flexibility index (Phi) is 4.62. The molecule has 1 fully saturated rings. The van der Waals surface area contributed by atoms with Crippen LogP contribution in [0.15, 0.2) is 18.2 Å². The lowest BCUT2D eigenvalue weighted by atomic mass is 9.81. The summed E-state index contributed by atoms with van der Waals surface area (Å²) >= 11 is 0. The van der Waals surface area contributed by atoms with Gasteiger partial charge in [-0.1, -0.05) is 25.1 Å². The minimum absolute atomic E-state index is 0.00984. The first-order valence-corrected chi connectivity index (χ1v) is 9.16. The van der Waals surface area contributed by atoms with Crippen LogP contribution in [-0.2, 0) is 21.5 Å². The molecule has 2 amide bonds. The van der Waals surface area contributed by atoms with Crippen molar-refractivity contribution in [3.63, 3.8) is 0 Å². The van der Waals surface area contributed by atoms with Gasteiger partial charge in [-0.3, -0.25) is 14.5 Å². The van der Waals surface area contributed by atoms with Gasteiger partial charge in [-0.15, -0.1) is 0 Å². The summed E-state index contributed by atoms with van der Waals surface area (Å²) in [7, 11) is 2.16. The van der Waals surface area contributed by atoms with Crippen molar-refractivity contribution >= 4 is 11.8 Å². The SMILES string of the molecule is C[C@H]1CCC(c2ccc3c(c2)CCN(C)C3(C)C)N(C(=O)C(N)=O)C1. The van der Waals surface area contributed by atoms with Gasteiger partial charge in [0, 0.05) is 18.6 Å². The number of amides is 2. The number of hydrogen-bond donors (Lipinski definition) is 1. The highest BCUT2D eigenvalue weighted by Gasteiger charge is 2.35. The third kappa shape index (κ3) is 3.17. The van der Waals surface area contributed by atoms with Crippen molar-refractivity contribution in [1.82, 2.24) is 9.80 Å². The molecule has 2 aliphatic rings. The molecule has 136 valence electrons. The molecule has 0 aromatic heterocycles. The number of fused-ring (bicyclic) bond motifs is 1. The summed E-state index contributed by atoms with van der Waals surface area (Å²) in [6, 6.07) is 6.52. The third-order valence-corrected chi connectivity index (χ3v) is 6.13. The van der Waals surface area contributed by atoms with Gasteiger partial charge < -0.3 is 10.6 Å². The Labute approximate surface area is 150 Å². The first kappa shape index (κ1) is 17.9. The molecule has 2 N–H and O–H groups in total. The molecule has 3 rings (SSSR count). The standard InChI is InChI=1S/C20H29N3O2/c1-13-5-8-17(23(12-13)19(25)18(21)24)15-6-7-16-14(11-15)9-10-22(4)20(16,2)3/h6-7,11,13,17H,5,8-10,12H2,1-4H3,(H2,21,24)/t13-,17?/m0/s1. The fraction of sp³-hybridized carbons (Fsp3) is 0.600. The van der Waals surface area contributed by atoms with Gasteiger partial charge in [0.1, 0.15) is 0 Å². The van der Waals surface area contributed by atoms with Crippen molar-refractivity contribution in [1.29, 1.82) is 0 Å². The van der Waals surface area contributed by atoms with Gasteiger partial charge in [-0.2, -0.15) is 0 Å². The van der Waals surface area contributed by atoms with Crippen LogP contribution in [0, 0.1) is 5.92 Å². The average Bonchev–Trinajstić information content (AvgIpc) is 2.57. The zero-order chi connectivity index (χ0) is 18.4. The number of hydrogen-bond acceptors (Lipinski definition) is 3. The zero-order valence-electron chi connectivity index (χ0n) is 15.7. The van der Waals surface area contributed by atoms with Gasteiger partial charge in [0.15, 0.2) is 0 Å². The molecular weight excluding hydrogens is 314 g/mol. The van der Waals surface area contributed by atoms with Crippen LogP contribution in [0.3, 0.4) is 0 Å². The minimum atomic E-state index is -0.861. The Morgan fingerprint density at radius 3 is 2.64 bits per heavy atom. The van der Waals surface area contributed by atoms with E-state index in [4.69, 9.17) is 5.73 Å². The quantitative estimate of drug-likeness (QED) is 0.795. The number of nitrogens with zero attached hydrogens (tertiary/aromatic N) is 2. The molecular formula is C20H29N3O2. The molecule has 1 aromatic carbocycles. The van der Waals surface area contributed by atoms with E-state index in [1.165, 1.54) is 11.1 Å². The van der Waals surface area contributed by atoms with Crippen molar-refractivity contribution < 1.29 is 9.59 Å². The Morgan fingerprint density at radius 2 is 1.96 bits per heavy atom. The van der Waals surface area contributed by atoms with Crippen LogP contribution in [0.4, 0.5) is 0 Å². The monoisotopic (exact) mass is 343 g/mol. The lowest BCUT2D eigenvalue weighted by molar-refractivity contribution is -0.147. The first-order chi connectivity index (χ1) is 11.7. The second kappa shape index (κ2) is 6.45. The van der Waals surface area contributed by atoms with Crippen molar-refractivity contribution in [2.75, 3.05) is 20.1 Å². The summed E-state index contributed by atoms with van der Waals surface area (Å²) in [4.78, 5) is 27.8. The van der Waals surface area contributed by atoms with E-state index < -0.39 is 11.8 Å². The van der Waals surface area contributed by atoms with Crippen molar-refractivity contribution in [3.8, 4) is 0 Å². The number of likely N-dealkylation sites (tertiary alicyclic amines) is 1. The van der Waals surface area contributed by atoms with Crippen molar-refractivity contribution in [2.24, 2.45) is 11.7 Å². The second-order valence-corrected chi connectivity index (χ2v) is 8.17. The number of likely N-dealkylation sites (N-methyl/N-ethyl adjacent to an activating group) is 1. The number of rotatable bonds is 1. The van der Waals surface area contributed by atoms with Crippen LogP contribution in [0.5, 0.6) is 0 Å². The predicted octanol–water partition coefficient (Wildman–Crippen LogP) is 2.19. The van der Waals surface area contributed by atoms with E-state index in [2.05, 4.69) is 50.9 Å². The number of piperidine rings is 1. The first-order valence-electron chi connectivity index (χ1n) is 9.16. The molecule has 25 heavy (non-hydrogen) atoms. The molecule has 0 aliphatic carbocycles. The molecule has 0 bridgehead atoms. The fourth-order valence-corrected chi connectivity index (χ4v) is 4.26. The molecule has 2 aliphatic heterocycles. The molecule has 1 aromatic rings. The predicted molar refractivity (Wildman–Crippen MR) is 97.8 cm³/mol. The summed E-state index contributed by atoms with van der Waals surface area (Å²) in [6.07, 6.45) is 2.94. The van der Waals surface area contributed by atoms with E-state index in [0.29, 0.717) is 12.5 Å². The molecule has 1 unspecified atom stereocenters. The van der Waals surface area contributed by atoms with Crippen molar-refractivity contribution in [3.05, 3.63) is 34.9 Å². The van der Waals surface area contributed by atoms with E-state index >= 15 is 0 Å². The number of nitrogens with two attached hydrogens (primary N) is 1. The summed E-state index contributed by atoms with van der Waals surface area (Å²) in [6.45, 7) is 8.22. The van der Waals surface area contributed by atoms with Gasteiger partial charge in [0.25, 0.3) is 0 Å². The number of carbonyl (C=O) groups excluding carboxylic acids is 2. The molecule has 5 nitrogen and oxygen atoms in total. The normalized spacial score (nSPS) is 26.2. The fourth-order valence-electron chi connectivity index (χ4n) is 4.26. The highest BCUT2D eigenvalue weighted by Crippen LogP contribution is 2.38. The third-order valence-electron chi connectivity index (χ3n) is 6.13. The Balaban J connectivity index is 1.95. The molecule has 0 radical (unpaired) electrons. The van der Waals surface area contributed by atoms with Gasteiger partial charge in [-0.05, 0) is 62.8 Å². The summed E-state index contributed by atoms with van der Waals surface area (Å²) in [5.74, 6) is -1.03. The van der Waals surface area contributed by atoms with E-state index in [0.717, 1.165) is 31.4 Å². The van der Waals surface area contributed by atoms with E-state index in [9.17, 15) is 9.59 Å². The number of benzene rings is 1. The Bertz CT molecular complexity index is 698. The topological polar surface area (TPSA) is 66.6 Å². The molecule has 5 heteroatoms. The summed E-state index contributed by atoms with van der Waals surface area (Å²) in [5.41, 5.74) is 9.12. The lowest BCUT2D eigenvalue weighted by Crippen LogP contribution is -2.47. The highest BCUT2D eigenvalue weighted by atomic mass is 16.2. The van der Waals surface area contributed by atoms with Gasteiger partial charge >= 0.3 is 11.8 Å². The smallest absolute Gasteiger partial charge is 0.312 e. The van der Waals surface area contributed by atoms with Crippen molar-refractivity contribution in [2.45, 2.75) is 51.6 Å². The molecule has 2 atom stereocenters. The maximum atomic E-state index is 12.3. The van der Waals surface area contributed by atoms with Crippen LogP contribution >= 0.6 is 0 Å². The highest BCUT2D eigenvalue weighted by molar-refractivity contribution is 6.34. The molecule has 1 saturated heterocycles. The average molecular weight is 343 g/mol. The minimum Gasteiger partial charge on any atom is -0.361 e. The maximum Gasteiger partial charge on any atom is 0.312 e. The Morgan fingerprint density at radius 1 is 1.24 bits per heavy atom. The van der Waals surface area contributed by atoms with E-state index in [1.807, 2.05) is 0 Å². The molecule has 0 saturated carbocycles. The largest absolute Gasteiger partial charge is 0.361 e. The second-order valence-electron chi connectivity index (χ2n) is 8.17. The van der Waals surface area contributed by atoms with Gasteiger partial charge in [0.05, 0.1) is 6.04 Å². The van der Waals surface area contributed by atoms with Crippen LogP contribution in [0.1, 0.15) is 56.3 Å². The molecule has 2 heterocycles. The lowest BCUT2D eigenvalue weighted by Gasteiger charge is -2.43. The van der Waals surface area contributed by atoms with Gasteiger partial charge in [-0.25, -0.2) is 0 Å². The van der Waals surface area contributed by atoms with Crippen LogP contribution in [-0.4, -0.2) is 41.8 Å². The summed E-state index contributed by atoms with van der Waals surface area (Å²) < 4.78 is 0. The zero-order valence-corrected chi connectivity index (χ0v) is 15.7.